The van der Waals surface area contributed by atoms with Gasteiger partial charge >= 0.3 is 5.97 Å². The zero-order valence-electron chi connectivity index (χ0n) is 20.4. The van der Waals surface area contributed by atoms with Gasteiger partial charge in [0.25, 0.3) is 0 Å². The van der Waals surface area contributed by atoms with Gasteiger partial charge < -0.3 is 4.74 Å². The lowest BCUT2D eigenvalue weighted by Crippen LogP contribution is -2.14. The summed E-state index contributed by atoms with van der Waals surface area (Å²) in [6.07, 6.45) is 0. The minimum atomic E-state index is -0.606. The first kappa shape index (κ1) is 24.3. The Bertz CT molecular complexity index is 1610. The molecule has 0 atom stereocenters. The predicted octanol–water partition coefficient (Wildman–Crippen LogP) is 7.27. The highest BCUT2D eigenvalue weighted by atomic mass is 35.5. The van der Waals surface area contributed by atoms with E-state index in [1.54, 1.807) is 42.5 Å². The second-order valence-corrected chi connectivity index (χ2v) is 9.30. The van der Waals surface area contributed by atoms with Crippen molar-refractivity contribution in [3.05, 3.63) is 118 Å². The van der Waals surface area contributed by atoms with E-state index >= 15 is 0 Å². The molecule has 6 heteroatoms. The van der Waals surface area contributed by atoms with E-state index in [0.717, 1.165) is 33.6 Å². The van der Waals surface area contributed by atoms with Crippen molar-refractivity contribution in [2.75, 3.05) is 6.61 Å². The number of fused-ring (bicyclic) bond motifs is 1. The number of ketones is 1. The summed E-state index contributed by atoms with van der Waals surface area (Å²) in [5, 5.41) is 0.529. The second kappa shape index (κ2) is 10.3. The van der Waals surface area contributed by atoms with Crippen molar-refractivity contribution >= 4 is 34.4 Å². The highest BCUT2D eigenvalue weighted by molar-refractivity contribution is 6.30. The van der Waals surface area contributed by atoms with Crippen LogP contribution < -0.4 is 0 Å². The predicted molar refractivity (Wildman–Crippen MR) is 146 cm³/mol. The van der Waals surface area contributed by atoms with Crippen LogP contribution in [0.25, 0.3) is 33.5 Å². The molecule has 0 unspecified atom stereocenters. The third-order valence-electron chi connectivity index (χ3n) is 6.05. The number of carbonyl (C=O) groups excluding carboxylic acids is 2. The molecule has 4 aromatic carbocycles. The van der Waals surface area contributed by atoms with Crippen molar-refractivity contribution in [1.29, 1.82) is 0 Å². The minimum absolute atomic E-state index is 0.295. The number of aryl methyl sites for hydroxylation is 2. The van der Waals surface area contributed by atoms with Gasteiger partial charge in [-0.15, -0.1) is 0 Å². The summed E-state index contributed by atoms with van der Waals surface area (Å²) in [6, 6.07) is 27.7. The lowest BCUT2D eigenvalue weighted by atomic mass is 10.0. The zero-order valence-corrected chi connectivity index (χ0v) is 21.1. The van der Waals surface area contributed by atoms with Gasteiger partial charge in [-0.1, -0.05) is 71.3 Å². The van der Waals surface area contributed by atoms with Gasteiger partial charge in [-0.05, 0) is 56.3 Å². The standard InChI is InChI=1S/C31H23ClN2O3/c1-19-3-7-22(8-4-19)29-30(23-9-5-20(2)6-10-23)34-27-17-24(13-16-26(27)33-29)31(36)37-18-28(35)21-11-14-25(32)15-12-21/h3-17H,18H2,1-2H3. The van der Waals surface area contributed by atoms with Crippen molar-refractivity contribution in [2.24, 2.45) is 0 Å². The third kappa shape index (κ3) is 5.42. The van der Waals surface area contributed by atoms with E-state index in [4.69, 9.17) is 26.3 Å². The molecular formula is C31H23ClN2O3. The molecule has 0 aliphatic carbocycles. The number of rotatable bonds is 6. The maximum absolute atomic E-state index is 12.7. The van der Waals surface area contributed by atoms with Gasteiger partial charge in [-0.25, -0.2) is 14.8 Å². The molecule has 37 heavy (non-hydrogen) atoms. The Balaban J connectivity index is 1.47. The van der Waals surface area contributed by atoms with E-state index in [-0.39, 0.29) is 12.4 Å². The molecule has 0 amide bonds. The summed E-state index contributed by atoms with van der Waals surface area (Å²) < 4.78 is 5.29. The fourth-order valence-corrected chi connectivity index (χ4v) is 4.07. The summed E-state index contributed by atoms with van der Waals surface area (Å²) in [4.78, 5) is 35.0. The van der Waals surface area contributed by atoms with Crippen LogP contribution in [-0.4, -0.2) is 28.3 Å². The van der Waals surface area contributed by atoms with Crippen LogP contribution in [0.4, 0.5) is 0 Å². The van der Waals surface area contributed by atoms with E-state index < -0.39 is 5.97 Å². The Kier molecular flexibility index (Phi) is 6.80. The van der Waals surface area contributed by atoms with Crippen LogP contribution in [0.5, 0.6) is 0 Å². The summed E-state index contributed by atoms with van der Waals surface area (Å²) in [6.45, 7) is 3.71. The number of esters is 1. The van der Waals surface area contributed by atoms with E-state index in [1.807, 2.05) is 62.4 Å². The molecule has 0 radical (unpaired) electrons. The van der Waals surface area contributed by atoms with Crippen LogP contribution in [0.15, 0.2) is 91.0 Å². The molecule has 0 N–H and O–H groups in total. The highest BCUT2D eigenvalue weighted by Crippen LogP contribution is 2.31. The monoisotopic (exact) mass is 506 g/mol. The van der Waals surface area contributed by atoms with Crippen LogP contribution in [0, 0.1) is 13.8 Å². The van der Waals surface area contributed by atoms with E-state index in [1.165, 1.54) is 0 Å². The first-order valence-electron chi connectivity index (χ1n) is 11.8. The number of halogens is 1. The number of carbonyl (C=O) groups is 2. The molecule has 0 aliphatic rings. The maximum atomic E-state index is 12.7. The molecule has 5 aromatic rings. The molecule has 1 heterocycles. The third-order valence-corrected chi connectivity index (χ3v) is 6.30. The average Bonchev–Trinajstić information content (AvgIpc) is 2.92. The molecule has 0 saturated carbocycles. The van der Waals surface area contributed by atoms with Crippen molar-refractivity contribution in [3.63, 3.8) is 0 Å². The molecule has 0 fully saturated rings. The molecule has 0 spiro atoms. The average molecular weight is 507 g/mol. The molecule has 5 rings (SSSR count). The first-order valence-corrected chi connectivity index (χ1v) is 12.2. The molecule has 0 bridgehead atoms. The summed E-state index contributed by atoms with van der Waals surface area (Å²) in [5.41, 5.74) is 7.61. The number of benzene rings is 4. The number of nitrogens with zero attached hydrogens (tertiary/aromatic N) is 2. The molecular weight excluding hydrogens is 484 g/mol. The first-order chi connectivity index (χ1) is 17.9. The van der Waals surface area contributed by atoms with Crippen LogP contribution in [-0.2, 0) is 4.74 Å². The Morgan fingerprint density at radius 1 is 0.676 bits per heavy atom. The van der Waals surface area contributed by atoms with Gasteiger partial charge in [0.15, 0.2) is 12.4 Å². The van der Waals surface area contributed by atoms with Crippen LogP contribution in [0.2, 0.25) is 5.02 Å². The molecule has 1 aromatic heterocycles. The Morgan fingerprint density at radius 2 is 1.19 bits per heavy atom. The smallest absolute Gasteiger partial charge is 0.338 e. The number of Topliss-reactive ketones (excluding diaryl/α,β-unsaturated/α-hetero) is 1. The van der Waals surface area contributed by atoms with Gasteiger partial charge in [-0.3, -0.25) is 4.79 Å². The van der Waals surface area contributed by atoms with Crippen LogP contribution in [0.3, 0.4) is 0 Å². The highest BCUT2D eigenvalue weighted by Gasteiger charge is 2.16. The lowest BCUT2D eigenvalue weighted by molar-refractivity contribution is 0.0475. The fraction of sp³-hybridized carbons (Fsp3) is 0.0968. The molecule has 182 valence electrons. The summed E-state index contributed by atoms with van der Waals surface area (Å²) in [7, 11) is 0. The molecule has 0 aliphatic heterocycles. The van der Waals surface area contributed by atoms with Gasteiger partial charge in [0.05, 0.1) is 28.0 Å². The zero-order chi connectivity index (χ0) is 25.9. The second-order valence-electron chi connectivity index (χ2n) is 8.86. The van der Waals surface area contributed by atoms with E-state index in [0.29, 0.717) is 27.2 Å². The van der Waals surface area contributed by atoms with E-state index in [9.17, 15) is 9.59 Å². The van der Waals surface area contributed by atoms with Gasteiger partial charge in [0, 0.05) is 21.7 Å². The maximum Gasteiger partial charge on any atom is 0.338 e. The topological polar surface area (TPSA) is 69.2 Å². The van der Waals surface area contributed by atoms with Crippen LogP contribution >= 0.6 is 11.6 Å². The normalized spacial score (nSPS) is 10.9. The molecule has 0 saturated heterocycles. The van der Waals surface area contributed by atoms with Gasteiger partial charge in [0.2, 0.25) is 0 Å². The van der Waals surface area contributed by atoms with Gasteiger partial charge in [-0.2, -0.15) is 0 Å². The summed E-state index contributed by atoms with van der Waals surface area (Å²) >= 11 is 5.87. The Labute approximate surface area is 219 Å². The minimum Gasteiger partial charge on any atom is -0.454 e. The quantitative estimate of drug-likeness (QED) is 0.179. The SMILES string of the molecule is Cc1ccc(-c2nc3ccc(C(=O)OCC(=O)c4ccc(Cl)cc4)cc3nc2-c2ccc(C)cc2)cc1. The van der Waals surface area contributed by atoms with E-state index in [2.05, 4.69) is 0 Å². The van der Waals surface area contributed by atoms with Crippen molar-refractivity contribution in [3.8, 4) is 22.5 Å². The fourth-order valence-electron chi connectivity index (χ4n) is 3.94. The lowest BCUT2D eigenvalue weighted by Gasteiger charge is -2.12. The number of hydrogen-bond donors (Lipinski definition) is 0. The van der Waals surface area contributed by atoms with Gasteiger partial charge in [0.1, 0.15) is 0 Å². The number of aromatic nitrogens is 2. The Hall–Kier alpha value is -4.35. The summed E-state index contributed by atoms with van der Waals surface area (Å²) in [5.74, 6) is -0.916. The van der Waals surface area contributed by atoms with Crippen molar-refractivity contribution in [1.82, 2.24) is 9.97 Å². The number of hydrogen-bond acceptors (Lipinski definition) is 5. The van der Waals surface area contributed by atoms with Crippen molar-refractivity contribution < 1.29 is 14.3 Å². The largest absolute Gasteiger partial charge is 0.454 e. The Morgan fingerprint density at radius 3 is 1.76 bits per heavy atom. The van der Waals surface area contributed by atoms with Crippen LogP contribution in [0.1, 0.15) is 31.8 Å². The number of ether oxygens (including phenoxy) is 1. The molecule has 5 nitrogen and oxygen atoms in total. The van der Waals surface area contributed by atoms with Crippen molar-refractivity contribution in [2.45, 2.75) is 13.8 Å².